The second-order valence-electron chi connectivity index (χ2n) is 7.73. The highest BCUT2D eigenvalue weighted by molar-refractivity contribution is 7.15. The molecule has 1 aliphatic rings. The summed E-state index contributed by atoms with van der Waals surface area (Å²) in [6, 6.07) is 16.9. The van der Waals surface area contributed by atoms with Gasteiger partial charge in [-0.25, -0.2) is 4.79 Å². The monoisotopic (exact) mass is 493 g/mol. The highest BCUT2D eigenvalue weighted by atomic mass is 35.5. The van der Waals surface area contributed by atoms with E-state index >= 15 is 0 Å². The van der Waals surface area contributed by atoms with Crippen LogP contribution in [0, 0.1) is 0 Å². The molecule has 0 unspecified atom stereocenters. The van der Waals surface area contributed by atoms with Gasteiger partial charge in [0, 0.05) is 17.6 Å². The van der Waals surface area contributed by atoms with Crippen LogP contribution in [0.25, 0.3) is 0 Å². The van der Waals surface area contributed by atoms with Gasteiger partial charge < -0.3 is 20.3 Å². The van der Waals surface area contributed by atoms with Crippen molar-refractivity contribution < 1.29 is 19.7 Å². The number of aromatic carboxylic acids is 1. The normalized spacial score (nSPS) is 16.4. The number of thiophene rings is 1. The molecule has 8 heteroatoms. The number of nitrogens with one attached hydrogen (secondary N) is 1. The van der Waals surface area contributed by atoms with Gasteiger partial charge in [0.25, 0.3) is 0 Å². The lowest BCUT2D eigenvalue weighted by molar-refractivity contribution is 0.0702. The van der Waals surface area contributed by atoms with Crippen molar-refractivity contribution in [1.82, 2.24) is 5.32 Å². The van der Waals surface area contributed by atoms with E-state index in [9.17, 15) is 9.90 Å². The summed E-state index contributed by atoms with van der Waals surface area (Å²) in [5, 5.41) is 24.3. The Hall–Kier alpha value is -2.09. The standard InChI is InChI=1S/C24H24ClNO4S.ClH/c25-18-5-1-4-16(11-18)21(27)14-26-19-6-2-3-15-7-8-20(13-17(15)12-19)30-23-10-9-22(31-23)24(28)29;/h1,4-5,7-11,13,19,21,26-27H,2-3,6,12,14H2,(H,28,29);1H/t19-,21-;/m0./s1. The molecule has 2 atom stereocenters. The molecule has 0 radical (unpaired) electrons. The van der Waals surface area contributed by atoms with Crippen LogP contribution < -0.4 is 10.1 Å². The number of aliphatic hydroxyl groups is 1. The maximum Gasteiger partial charge on any atom is 0.345 e. The molecule has 170 valence electrons. The van der Waals surface area contributed by atoms with Crippen LogP contribution in [0.3, 0.4) is 0 Å². The Morgan fingerprint density at radius 2 is 2.03 bits per heavy atom. The Kier molecular flexibility index (Phi) is 8.57. The van der Waals surface area contributed by atoms with Gasteiger partial charge in [-0.1, -0.05) is 41.1 Å². The van der Waals surface area contributed by atoms with Crippen LogP contribution in [0.1, 0.15) is 45.3 Å². The zero-order valence-corrected chi connectivity index (χ0v) is 19.7. The van der Waals surface area contributed by atoms with E-state index in [-0.39, 0.29) is 23.3 Å². The lowest BCUT2D eigenvalue weighted by atomic mass is 10.0. The molecular formula is C24H25Cl2NO4S. The molecule has 32 heavy (non-hydrogen) atoms. The maximum atomic E-state index is 11.1. The molecule has 5 nitrogen and oxygen atoms in total. The summed E-state index contributed by atoms with van der Waals surface area (Å²) in [4.78, 5) is 11.3. The lowest BCUT2D eigenvalue weighted by Gasteiger charge is -2.20. The topological polar surface area (TPSA) is 78.8 Å². The van der Waals surface area contributed by atoms with Crippen molar-refractivity contribution in [3.05, 3.63) is 81.2 Å². The minimum Gasteiger partial charge on any atom is -0.477 e. The third-order valence-corrected chi connectivity index (χ3v) is 6.67. The average Bonchev–Trinajstić information content (AvgIpc) is 3.12. The van der Waals surface area contributed by atoms with Crippen LogP contribution in [-0.4, -0.2) is 28.8 Å². The number of ether oxygens (including phenoxy) is 1. The SMILES string of the molecule is Cl.O=C(O)c1ccc(Oc2ccc3c(c2)C[C@@H](NC[C@H](O)c2cccc(Cl)c2)CCC3)s1. The Balaban J connectivity index is 0.00000289. The molecule has 0 aliphatic heterocycles. The van der Waals surface area contributed by atoms with E-state index in [1.165, 1.54) is 11.1 Å². The zero-order chi connectivity index (χ0) is 21.8. The molecule has 0 saturated carbocycles. The number of hydrogen-bond donors (Lipinski definition) is 3. The summed E-state index contributed by atoms with van der Waals surface area (Å²) < 4.78 is 5.90. The van der Waals surface area contributed by atoms with E-state index in [2.05, 4.69) is 11.4 Å². The molecule has 0 bridgehead atoms. The van der Waals surface area contributed by atoms with Crippen LogP contribution in [0.2, 0.25) is 5.02 Å². The summed E-state index contributed by atoms with van der Waals surface area (Å²) in [5.41, 5.74) is 3.34. The fourth-order valence-electron chi connectivity index (χ4n) is 3.90. The number of carboxylic acid groups (broad SMARTS) is 1. The smallest absolute Gasteiger partial charge is 0.345 e. The summed E-state index contributed by atoms with van der Waals surface area (Å²) in [7, 11) is 0. The van der Waals surface area contributed by atoms with Gasteiger partial charge in [-0.2, -0.15) is 0 Å². The van der Waals surface area contributed by atoms with Crippen LogP contribution in [0.4, 0.5) is 0 Å². The van der Waals surface area contributed by atoms with Crippen molar-refractivity contribution in [1.29, 1.82) is 0 Å². The van der Waals surface area contributed by atoms with Crippen molar-refractivity contribution in [2.24, 2.45) is 0 Å². The highest BCUT2D eigenvalue weighted by Gasteiger charge is 2.19. The molecule has 0 spiro atoms. The summed E-state index contributed by atoms with van der Waals surface area (Å²) in [5.74, 6) is -0.243. The second kappa shape index (κ2) is 11.2. The fraction of sp³-hybridized carbons (Fsp3) is 0.292. The zero-order valence-electron chi connectivity index (χ0n) is 17.3. The van der Waals surface area contributed by atoms with Crippen molar-refractivity contribution >= 4 is 41.3 Å². The molecule has 3 aromatic rings. The first-order chi connectivity index (χ1) is 15.0. The Bertz CT molecular complexity index is 1070. The van der Waals surface area contributed by atoms with Crippen LogP contribution in [0.5, 0.6) is 10.8 Å². The van der Waals surface area contributed by atoms with E-state index in [0.717, 1.165) is 42.6 Å². The first kappa shape index (κ1) is 24.6. The Labute approximate surface area is 202 Å². The molecule has 1 aliphatic carbocycles. The van der Waals surface area contributed by atoms with Gasteiger partial charge in [0.05, 0.1) is 6.10 Å². The van der Waals surface area contributed by atoms with Crippen molar-refractivity contribution in [2.45, 2.75) is 37.8 Å². The number of hydrogen-bond acceptors (Lipinski definition) is 5. The average molecular weight is 494 g/mol. The van der Waals surface area contributed by atoms with Gasteiger partial charge in [-0.15, -0.1) is 12.4 Å². The molecule has 1 heterocycles. The van der Waals surface area contributed by atoms with Crippen molar-refractivity contribution in [3.8, 4) is 10.8 Å². The molecule has 4 rings (SSSR count). The van der Waals surface area contributed by atoms with Gasteiger partial charge in [0.1, 0.15) is 10.6 Å². The fourth-order valence-corrected chi connectivity index (χ4v) is 4.81. The van der Waals surface area contributed by atoms with Gasteiger partial charge in [0.15, 0.2) is 5.06 Å². The first-order valence-corrected chi connectivity index (χ1v) is 11.5. The molecule has 0 amide bonds. The van der Waals surface area contributed by atoms with Gasteiger partial charge in [-0.3, -0.25) is 0 Å². The summed E-state index contributed by atoms with van der Waals surface area (Å²) in [6.45, 7) is 0.462. The molecule has 0 saturated heterocycles. The van der Waals surface area contributed by atoms with Crippen LogP contribution in [-0.2, 0) is 12.8 Å². The van der Waals surface area contributed by atoms with E-state index in [4.69, 9.17) is 21.4 Å². The molecule has 0 fully saturated rings. The number of carboxylic acids is 1. The van der Waals surface area contributed by atoms with Crippen LogP contribution >= 0.6 is 35.3 Å². The third kappa shape index (κ3) is 6.24. The largest absolute Gasteiger partial charge is 0.477 e. The van der Waals surface area contributed by atoms with Crippen molar-refractivity contribution in [2.75, 3.05) is 6.54 Å². The summed E-state index contributed by atoms with van der Waals surface area (Å²) >= 11 is 7.15. The Morgan fingerprint density at radius 3 is 2.78 bits per heavy atom. The molecular weight excluding hydrogens is 469 g/mol. The van der Waals surface area contributed by atoms with E-state index in [1.807, 2.05) is 24.3 Å². The predicted molar refractivity (Wildman–Crippen MR) is 130 cm³/mol. The van der Waals surface area contributed by atoms with Gasteiger partial charge >= 0.3 is 5.97 Å². The number of aryl methyl sites for hydroxylation is 1. The number of rotatable bonds is 7. The van der Waals surface area contributed by atoms with Crippen molar-refractivity contribution in [3.63, 3.8) is 0 Å². The van der Waals surface area contributed by atoms with E-state index in [1.54, 1.807) is 24.3 Å². The summed E-state index contributed by atoms with van der Waals surface area (Å²) in [6.07, 6.45) is 3.34. The van der Waals surface area contributed by atoms with Crippen LogP contribution in [0.15, 0.2) is 54.6 Å². The molecule has 1 aromatic heterocycles. The van der Waals surface area contributed by atoms with E-state index in [0.29, 0.717) is 22.4 Å². The molecule has 2 aromatic carbocycles. The van der Waals surface area contributed by atoms with Gasteiger partial charge in [-0.05, 0) is 78.8 Å². The number of fused-ring (bicyclic) bond motifs is 1. The second-order valence-corrected chi connectivity index (χ2v) is 9.21. The lowest BCUT2D eigenvalue weighted by Crippen LogP contribution is -2.34. The van der Waals surface area contributed by atoms with Gasteiger partial charge in [0.2, 0.25) is 0 Å². The maximum absolute atomic E-state index is 11.1. The van der Waals surface area contributed by atoms with E-state index < -0.39 is 12.1 Å². The number of aliphatic hydroxyl groups excluding tert-OH is 1. The third-order valence-electron chi connectivity index (χ3n) is 5.49. The quantitative estimate of drug-likeness (QED) is 0.358. The highest BCUT2D eigenvalue weighted by Crippen LogP contribution is 2.32. The number of benzene rings is 2. The first-order valence-electron chi connectivity index (χ1n) is 10.3. The minimum atomic E-state index is -0.948. The predicted octanol–water partition coefficient (Wildman–Crippen LogP) is 5.88. The number of carbonyl (C=O) groups is 1. The minimum absolute atomic E-state index is 0. The Morgan fingerprint density at radius 1 is 1.19 bits per heavy atom. The number of halogens is 2. The molecule has 3 N–H and O–H groups in total.